The molecule has 0 saturated heterocycles. The monoisotopic (exact) mass is 405 g/mol. The van der Waals surface area contributed by atoms with Gasteiger partial charge in [-0.2, -0.15) is 10.2 Å². The largest absolute Gasteiger partial charge is 0.351 e. The summed E-state index contributed by atoms with van der Waals surface area (Å²) in [5.74, 6) is -0.127. The van der Waals surface area contributed by atoms with Crippen LogP contribution in [0.5, 0.6) is 0 Å². The lowest BCUT2D eigenvalue weighted by Gasteiger charge is -2.09. The van der Waals surface area contributed by atoms with Crippen molar-refractivity contribution in [1.29, 1.82) is 0 Å². The van der Waals surface area contributed by atoms with E-state index >= 15 is 0 Å². The average molecular weight is 406 g/mol. The molecule has 4 rings (SSSR count). The lowest BCUT2D eigenvalue weighted by molar-refractivity contribution is 0.0945. The lowest BCUT2D eigenvalue weighted by atomic mass is 10.2. The molecule has 148 valence electrons. The molecule has 1 N–H and O–H groups in total. The third-order valence-electron chi connectivity index (χ3n) is 4.65. The molecule has 0 bridgehead atoms. The summed E-state index contributed by atoms with van der Waals surface area (Å²) in [6, 6.07) is 17.6. The molecule has 3 heterocycles. The maximum Gasteiger partial charge on any atom is 0.270 e. The third-order valence-corrected chi connectivity index (χ3v) is 5.54. The van der Waals surface area contributed by atoms with Gasteiger partial charge in [0.15, 0.2) is 0 Å². The number of carbonyl (C=O) groups is 1. The van der Waals surface area contributed by atoms with Crippen molar-refractivity contribution in [1.82, 2.24) is 24.9 Å². The van der Waals surface area contributed by atoms with Crippen molar-refractivity contribution in [2.75, 3.05) is 6.54 Å². The first-order valence-electron chi connectivity index (χ1n) is 9.60. The molecule has 0 fully saturated rings. The van der Waals surface area contributed by atoms with Crippen molar-refractivity contribution < 1.29 is 4.79 Å². The molecule has 7 heteroatoms. The number of amides is 1. The standard InChI is InChI=1S/C22H23N5OS/c1-16-14-17(2)26(24-16)12-7-11-23-22(28)20-15-19(21-10-6-13-29-21)25-27(20)18-8-4-3-5-9-18/h3-6,8-10,13-15H,7,11-12H2,1-2H3,(H,23,28). The minimum atomic E-state index is -0.127. The van der Waals surface area contributed by atoms with Gasteiger partial charge in [-0.1, -0.05) is 24.3 Å². The van der Waals surface area contributed by atoms with Crippen molar-refractivity contribution in [2.24, 2.45) is 0 Å². The summed E-state index contributed by atoms with van der Waals surface area (Å²) >= 11 is 1.61. The van der Waals surface area contributed by atoms with Crippen LogP contribution in [0.15, 0.2) is 60.0 Å². The van der Waals surface area contributed by atoms with Gasteiger partial charge >= 0.3 is 0 Å². The molecule has 1 amide bonds. The van der Waals surface area contributed by atoms with Crippen LogP contribution in [-0.2, 0) is 6.54 Å². The van der Waals surface area contributed by atoms with E-state index in [1.165, 1.54) is 0 Å². The zero-order valence-corrected chi connectivity index (χ0v) is 17.3. The van der Waals surface area contributed by atoms with Crippen LogP contribution < -0.4 is 5.32 Å². The van der Waals surface area contributed by atoms with Gasteiger partial charge in [0.1, 0.15) is 11.4 Å². The van der Waals surface area contributed by atoms with E-state index in [1.54, 1.807) is 16.0 Å². The van der Waals surface area contributed by atoms with E-state index in [0.717, 1.165) is 40.6 Å². The van der Waals surface area contributed by atoms with Crippen LogP contribution >= 0.6 is 11.3 Å². The molecule has 0 saturated carbocycles. The molecule has 29 heavy (non-hydrogen) atoms. The van der Waals surface area contributed by atoms with Gasteiger partial charge in [0.25, 0.3) is 5.91 Å². The van der Waals surface area contributed by atoms with Crippen LogP contribution in [0.25, 0.3) is 16.3 Å². The van der Waals surface area contributed by atoms with Gasteiger partial charge in [0.2, 0.25) is 0 Å². The van der Waals surface area contributed by atoms with Crippen molar-refractivity contribution >= 4 is 17.2 Å². The molecular formula is C22H23N5OS. The molecule has 0 spiro atoms. The number of hydrogen-bond donors (Lipinski definition) is 1. The number of hydrogen-bond acceptors (Lipinski definition) is 4. The van der Waals surface area contributed by atoms with Gasteiger partial charge < -0.3 is 5.32 Å². The van der Waals surface area contributed by atoms with Crippen LogP contribution in [-0.4, -0.2) is 32.0 Å². The molecule has 0 aliphatic rings. The zero-order chi connectivity index (χ0) is 20.2. The highest BCUT2D eigenvalue weighted by molar-refractivity contribution is 7.13. The Kier molecular flexibility index (Phi) is 5.57. The summed E-state index contributed by atoms with van der Waals surface area (Å²) in [6.45, 7) is 5.38. The summed E-state index contributed by atoms with van der Waals surface area (Å²) in [7, 11) is 0. The number of rotatable bonds is 7. The minimum Gasteiger partial charge on any atom is -0.351 e. The highest BCUT2D eigenvalue weighted by Gasteiger charge is 2.17. The van der Waals surface area contributed by atoms with Gasteiger partial charge in [-0.15, -0.1) is 11.3 Å². The second-order valence-corrected chi connectivity index (χ2v) is 7.85. The molecule has 1 aromatic carbocycles. The van der Waals surface area contributed by atoms with Crippen molar-refractivity contribution in [2.45, 2.75) is 26.8 Å². The molecule has 0 radical (unpaired) electrons. The van der Waals surface area contributed by atoms with Crippen LogP contribution in [0.4, 0.5) is 0 Å². The molecule has 4 aromatic rings. The topological polar surface area (TPSA) is 64.7 Å². The van der Waals surface area contributed by atoms with Crippen molar-refractivity contribution in [3.8, 4) is 16.3 Å². The molecule has 0 unspecified atom stereocenters. The van der Waals surface area contributed by atoms with Gasteiger partial charge in [0, 0.05) is 18.8 Å². The van der Waals surface area contributed by atoms with E-state index in [-0.39, 0.29) is 5.91 Å². The van der Waals surface area contributed by atoms with E-state index in [9.17, 15) is 4.79 Å². The first kappa shape index (κ1) is 19.1. The smallest absolute Gasteiger partial charge is 0.270 e. The van der Waals surface area contributed by atoms with Gasteiger partial charge in [-0.05, 0) is 56.0 Å². The van der Waals surface area contributed by atoms with Gasteiger partial charge in [-0.3, -0.25) is 9.48 Å². The second-order valence-electron chi connectivity index (χ2n) is 6.90. The van der Waals surface area contributed by atoms with E-state index in [0.29, 0.717) is 12.2 Å². The summed E-state index contributed by atoms with van der Waals surface area (Å²) < 4.78 is 3.69. The molecular weight excluding hydrogens is 382 g/mol. The number of carbonyl (C=O) groups excluding carboxylic acids is 1. The van der Waals surface area contributed by atoms with Crippen LogP contribution in [0.1, 0.15) is 28.3 Å². The van der Waals surface area contributed by atoms with Crippen molar-refractivity contribution in [3.63, 3.8) is 0 Å². The molecule has 3 aromatic heterocycles. The predicted molar refractivity (Wildman–Crippen MR) is 116 cm³/mol. The summed E-state index contributed by atoms with van der Waals surface area (Å²) in [5, 5.41) is 14.2. The van der Waals surface area contributed by atoms with E-state index in [2.05, 4.69) is 21.6 Å². The Hall–Kier alpha value is -3.19. The second kappa shape index (κ2) is 8.45. The predicted octanol–water partition coefficient (Wildman–Crippen LogP) is 4.23. The Morgan fingerprint density at radius 3 is 2.59 bits per heavy atom. The number of nitrogens with zero attached hydrogens (tertiary/aromatic N) is 4. The maximum absolute atomic E-state index is 12.9. The van der Waals surface area contributed by atoms with Gasteiger partial charge in [-0.25, -0.2) is 4.68 Å². The minimum absolute atomic E-state index is 0.127. The normalized spacial score (nSPS) is 11.0. The van der Waals surface area contributed by atoms with Gasteiger partial charge in [0.05, 0.1) is 16.3 Å². The Morgan fingerprint density at radius 2 is 1.90 bits per heavy atom. The fourth-order valence-electron chi connectivity index (χ4n) is 3.28. The highest BCUT2D eigenvalue weighted by Crippen LogP contribution is 2.25. The average Bonchev–Trinajstić information content (AvgIpc) is 3.45. The third kappa shape index (κ3) is 4.30. The van der Waals surface area contributed by atoms with Crippen molar-refractivity contribution in [3.05, 3.63) is 77.1 Å². The Labute approximate surface area is 173 Å². The Bertz CT molecular complexity index is 1100. The Morgan fingerprint density at radius 1 is 1.07 bits per heavy atom. The maximum atomic E-state index is 12.9. The number of aryl methyl sites for hydroxylation is 3. The first-order chi connectivity index (χ1) is 14.1. The summed E-state index contributed by atoms with van der Waals surface area (Å²) in [5.41, 5.74) is 4.35. The van der Waals surface area contributed by atoms with E-state index in [4.69, 9.17) is 0 Å². The summed E-state index contributed by atoms with van der Waals surface area (Å²) in [6.07, 6.45) is 0.810. The number of benzene rings is 1. The summed E-state index contributed by atoms with van der Waals surface area (Å²) in [4.78, 5) is 14.0. The fourth-order valence-corrected chi connectivity index (χ4v) is 3.96. The number of nitrogens with one attached hydrogen (secondary N) is 1. The molecule has 0 atom stereocenters. The quantitative estimate of drug-likeness (QED) is 0.468. The highest BCUT2D eigenvalue weighted by atomic mass is 32.1. The number of para-hydroxylation sites is 1. The fraction of sp³-hybridized carbons (Fsp3) is 0.227. The molecule has 6 nitrogen and oxygen atoms in total. The molecule has 0 aliphatic heterocycles. The number of thiophene rings is 1. The zero-order valence-electron chi connectivity index (χ0n) is 16.5. The Balaban J connectivity index is 1.49. The van der Waals surface area contributed by atoms with E-state index < -0.39 is 0 Å². The van der Waals surface area contributed by atoms with E-state index in [1.807, 2.05) is 72.4 Å². The SMILES string of the molecule is Cc1cc(C)n(CCCNC(=O)c2cc(-c3cccs3)nn2-c2ccccc2)n1. The lowest BCUT2D eigenvalue weighted by Crippen LogP contribution is -2.27. The number of aromatic nitrogens is 4. The van der Waals surface area contributed by atoms with Crippen LogP contribution in [0, 0.1) is 13.8 Å². The van der Waals surface area contributed by atoms with Crippen LogP contribution in [0.3, 0.4) is 0 Å². The van der Waals surface area contributed by atoms with Crippen LogP contribution in [0.2, 0.25) is 0 Å². The first-order valence-corrected chi connectivity index (χ1v) is 10.5. The molecule has 0 aliphatic carbocycles.